The lowest BCUT2D eigenvalue weighted by Crippen LogP contribution is -2.48. The van der Waals surface area contributed by atoms with Crippen molar-refractivity contribution in [2.75, 3.05) is 13.1 Å². The Balaban J connectivity index is 2.45. The van der Waals surface area contributed by atoms with Crippen molar-refractivity contribution >= 4 is 0 Å². The predicted molar refractivity (Wildman–Crippen MR) is 42.3 cm³/mol. The van der Waals surface area contributed by atoms with Crippen LogP contribution in [0.2, 0.25) is 0 Å². The highest BCUT2D eigenvalue weighted by Crippen LogP contribution is 2.26. The van der Waals surface area contributed by atoms with Crippen LogP contribution in [0.4, 0.5) is 13.2 Å². The average molecular weight is 197 g/mol. The van der Waals surface area contributed by atoms with Crippen molar-refractivity contribution in [1.82, 2.24) is 4.90 Å². The highest BCUT2D eigenvalue weighted by Gasteiger charge is 2.40. The molecule has 2 nitrogen and oxygen atoms in total. The summed E-state index contributed by atoms with van der Waals surface area (Å²) in [5, 5.41) is 9.10. The summed E-state index contributed by atoms with van der Waals surface area (Å²) in [7, 11) is 0. The predicted octanol–water partition coefficient (Wildman–Crippen LogP) is 1.39. The second-order valence-corrected chi connectivity index (χ2v) is 3.48. The summed E-state index contributed by atoms with van der Waals surface area (Å²) >= 11 is 0. The van der Waals surface area contributed by atoms with Crippen LogP contribution in [0.5, 0.6) is 0 Å². The quantitative estimate of drug-likeness (QED) is 0.686. The van der Waals surface area contributed by atoms with Crippen molar-refractivity contribution in [2.45, 2.75) is 38.1 Å². The molecule has 0 aliphatic carbocycles. The van der Waals surface area contributed by atoms with E-state index in [1.54, 1.807) is 0 Å². The zero-order valence-electron chi connectivity index (χ0n) is 7.51. The fraction of sp³-hybridized carbons (Fsp3) is 1.00. The number of piperidine rings is 1. The molecule has 1 atom stereocenters. The molecule has 1 N–H and O–H groups in total. The van der Waals surface area contributed by atoms with E-state index in [0.29, 0.717) is 25.9 Å². The first-order chi connectivity index (χ1) is 5.91. The van der Waals surface area contributed by atoms with E-state index in [-0.39, 0.29) is 0 Å². The van der Waals surface area contributed by atoms with Gasteiger partial charge in [0.25, 0.3) is 0 Å². The molecule has 1 aliphatic rings. The lowest BCUT2D eigenvalue weighted by atomic mass is 10.1. The molecule has 0 aromatic carbocycles. The first-order valence-corrected chi connectivity index (χ1v) is 4.40. The minimum absolute atomic E-state index is 0.335. The minimum Gasteiger partial charge on any atom is -0.393 e. The third-order valence-electron chi connectivity index (χ3n) is 2.52. The number of hydrogen-bond acceptors (Lipinski definition) is 2. The van der Waals surface area contributed by atoms with Crippen LogP contribution in [-0.4, -0.2) is 41.4 Å². The van der Waals surface area contributed by atoms with Crippen molar-refractivity contribution in [3.8, 4) is 0 Å². The Kier molecular flexibility index (Phi) is 3.18. The molecule has 1 heterocycles. The van der Waals surface area contributed by atoms with Gasteiger partial charge in [-0.25, -0.2) is 0 Å². The Morgan fingerprint density at radius 2 is 1.77 bits per heavy atom. The van der Waals surface area contributed by atoms with E-state index in [9.17, 15) is 13.2 Å². The number of aliphatic hydroxyl groups excluding tert-OH is 1. The summed E-state index contributed by atoms with van der Waals surface area (Å²) in [5.41, 5.74) is 0. The van der Waals surface area contributed by atoms with Crippen LogP contribution >= 0.6 is 0 Å². The van der Waals surface area contributed by atoms with Crippen LogP contribution < -0.4 is 0 Å². The van der Waals surface area contributed by atoms with Crippen LogP contribution in [-0.2, 0) is 0 Å². The van der Waals surface area contributed by atoms with E-state index >= 15 is 0 Å². The van der Waals surface area contributed by atoms with Gasteiger partial charge in [-0.15, -0.1) is 0 Å². The van der Waals surface area contributed by atoms with E-state index in [4.69, 9.17) is 5.11 Å². The van der Waals surface area contributed by atoms with Gasteiger partial charge in [0.1, 0.15) is 6.04 Å². The summed E-state index contributed by atoms with van der Waals surface area (Å²) in [4.78, 5) is 1.37. The molecule has 0 aromatic heterocycles. The fourth-order valence-corrected chi connectivity index (χ4v) is 1.48. The second-order valence-electron chi connectivity index (χ2n) is 3.48. The molecule has 1 aliphatic heterocycles. The summed E-state index contributed by atoms with van der Waals surface area (Å²) in [6.07, 6.45) is -3.68. The first kappa shape index (κ1) is 10.8. The largest absolute Gasteiger partial charge is 0.403 e. The monoisotopic (exact) mass is 197 g/mol. The van der Waals surface area contributed by atoms with Gasteiger partial charge in [-0.2, -0.15) is 13.2 Å². The maximum atomic E-state index is 12.2. The summed E-state index contributed by atoms with van der Waals surface area (Å²) in [5.74, 6) is 0. The Morgan fingerprint density at radius 1 is 1.31 bits per heavy atom. The van der Waals surface area contributed by atoms with E-state index < -0.39 is 18.3 Å². The Hall–Kier alpha value is -0.290. The number of nitrogens with zero attached hydrogens (tertiary/aromatic N) is 1. The van der Waals surface area contributed by atoms with Crippen LogP contribution in [0.25, 0.3) is 0 Å². The number of halogens is 3. The van der Waals surface area contributed by atoms with Gasteiger partial charge in [0.05, 0.1) is 6.10 Å². The fourth-order valence-electron chi connectivity index (χ4n) is 1.48. The zero-order valence-corrected chi connectivity index (χ0v) is 7.51. The molecule has 1 unspecified atom stereocenters. The van der Waals surface area contributed by atoms with Gasteiger partial charge in [0.2, 0.25) is 0 Å². The molecule has 0 amide bonds. The lowest BCUT2D eigenvalue weighted by Gasteiger charge is -2.35. The molecule has 0 radical (unpaired) electrons. The molecule has 0 bridgehead atoms. The third-order valence-corrected chi connectivity index (χ3v) is 2.52. The number of hydrogen-bond donors (Lipinski definition) is 1. The maximum Gasteiger partial charge on any atom is 0.403 e. The van der Waals surface area contributed by atoms with Gasteiger partial charge in [0.15, 0.2) is 0 Å². The van der Waals surface area contributed by atoms with E-state index in [1.807, 2.05) is 0 Å². The number of likely N-dealkylation sites (tertiary alicyclic amines) is 1. The van der Waals surface area contributed by atoms with Crippen LogP contribution in [0.3, 0.4) is 0 Å². The number of rotatable bonds is 1. The van der Waals surface area contributed by atoms with Crippen molar-refractivity contribution in [3.63, 3.8) is 0 Å². The smallest absolute Gasteiger partial charge is 0.393 e. The van der Waals surface area contributed by atoms with E-state index in [2.05, 4.69) is 0 Å². The topological polar surface area (TPSA) is 23.5 Å². The Bertz CT molecular complexity index is 163. The zero-order chi connectivity index (χ0) is 10.1. The molecular formula is C8H14F3NO. The normalized spacial score (nSPS) is 24.7. The van der Waals surface area contributed by atoms with Crippen LogP contribution in [0.1, 0.15) is 19.8 Å². The Morgan fingerprint density at radius 3 is 2.15 bits per heavy atom. The third kappa shape index (κ3) is 2.84. The average Bonchev–Trinajstić information content (AvgIpc) is 2.03. The molecular weight excluding hydrogens is 183 g/mol. The minimum atomic E-state index is -4.15. The molecule has 78 valence electrons. The molecule has 1 rings (SSSR count). The number of alkyl halides is 3. The SMILES string of the molecule is CC(N1CCC(O)CC1)C(F)(F)F. The molecule has 5 heteroatoms. The maximum absolute atomic E-state index is 12.2. The van der Waals surface area contributed by atoms with Gasteiger partial charge in [-0.1, -0.05) is 0 Å². The molecule has 1 saturated heterocycles. The Labute approximate surface area is 75.3 Å². The highest BCUT2D eigenvalue weighted by molar-refractivity contribution is 4.79. The van der Waals surface area contributed by atoms with Crippen molar-refractivity contribution in [2.24, 2.45) is 0 Å². The van der Waals surface area contributed by atoms with Crippen LogP contribution in [0, 0.1) is 0 Å². The summed E-state index contributed by atoms with van der Waals surface area (Å²) < 4.78 is 36.7. The second kappa shape index (κ2) is 3.84. The summed E-state index contributed by atoms with van der Waals surface area (Å²) in [6.45, 7) is 1.83. The van der Waals surface area contributed by atoms with Gasteiger partial charge >= 0.3 is 6.18 Å². The molecule has 0 aromatic rings. The van der Waals surface area contributed by atoms with Gasteiger partial charge in [-0.3, -0.25) is 4.90 Å². The van der Waals surface area contributed by atoms with E-state index in [0.717, 1.165) is 6.92 Å². The van der Waals surface area contributed by atoms with Gasteiger partial charge in [-0.05, 0) is 19.8 Å². The van der Waals surface area contributed by atoms with Crippen molar-refractivity contribution < 1.29 is 18.3 Å². The molecule has 13 heavy (non-hydrogen) atoms. The first-order valence-electron chi connectivity index (χ1n) is 4.40. The number of aliphatic hydroxyl groups is 1. The standard InChI is InChI=1S/C8H14F3NO/c1-6(8(9,10)11)12-4-2-7(13)3-5-12/h6-7,13H,2-5H2,1H3. The highest BCUT2D eigenvalue weighted by atomic mass is 19.4. The summed E-state index contributed by atoms with van der Waals surface area (Å²) in [6, 6.07) is -1.39. The lowest BCUT2D eigenvalue weighted by molar-refractivity contribution is -0.183. The van der Waals surface area contributed by atoms with E-state index in [1.165, 1.54) is 4.90 Å². The molecule has 1 fully saturated rings. The van der Waals surface area contributed by atoms with Crippen molar-refractivity contribution in [1.29, 1.82) is 0 Å². The molecule has 0 spiro atoms. The van der Waals surface area contributed by atoms with Gasteiger partial charge in [0, 0.05) is 13.1 Å². The van der Waals surface area contributed by atoms with Gasteiger partial charge < -0.3 is 5.11 Å². The van der Waals surface area contributed by atoms with Crippen molar-refractivity contribution in [3.05, 3.63) is 0 Å². The van der Waals surface area contributed by atoms with Crippen LogP contribution in [0.15, 0.2) is 0 Å². The molecule has 0 saturated carbocycles.